The zero-order valence-electron chi connectivity index (χ0n) is 9.25. The van der Waals surface area contributed by atoms with Gasteiger partial charge >= 0.3 is 0 Å². The van der Waals surface area contributed by atoms with Gasteiger partial charge < -0.3 is 0 Å². The first-order valence-electron chi connectivity index (χ1n) is 5.35. The SMILES string of the molecule is O=Cc1cccc2nc(-c3ccc(Cl)cc3)nn12. The highest BCUT2D eigenvalue weighted by Gasteiger charge is 2.08. The molecule has 0 N–H and O–H groups in total. The van der Waals surface area contributed by atoms with Gasteiger partial charge in [0.15, 0.2) is 17.8 Å². The highest BCUT2D eigenvalue weighted by Crippen LogP contribution is 2.19. The van der Waals surface area contributed by atoms with Crippen molar-refractivity contribution in [2.24, 2.45) is 0 Å². The maximum absolute atomic E-state index is 10.9. The summed E-state index contributed by atoms with van der Waals surface area (Å²) < 4.78 is 1.52. The topological polar surface area (TPSA) is 47.3 Å². The summed E-state index contributed by atoms with van der Waals surface area (Å²) in [5.74, 6) is 0.570. The summed E-state index contributed by atoms with van der Waals surface area (Å²) >= 11 is 5.83. The van der Waals surface area contributed by atoms with E-state index < -0.39 is 0 Å². The first-order chi connectivity index (χ1) is 8.78. The molecule has 0 aliphatic heterocycles. The van der Waals surface area contributed by atoms with Crippen LogP contribution in [0.5, 0.6) is 0 Å². The molecular formula is C13H8ClN3O. The summed E-state index contributed by atoms with van der Waals surface area (Å²) in [5, 5.41) is 4.98. The summed E-state index contributed by atoms with van der Waals surface area (Å²) in [7, 11) is 0. The van der Waals surface area contributed by atoms with Crippen molar-refractivity contribution in [2.75, 3.05) is 0 Å². The van der Waals surface area contributed by atoms with Gasteiger partial charge in [-0.3, -0.25) is 4.79 Å². The summed E-state index contributed by atoms with van der Waals surface area (Å²) in [6.07, 6.45) is 0.757. The van der Waals surface area contributed by atoms with Crippen molar-refractivity contribution in [1.82, 2.24) is 14.6 Å². The second kappa shape index (κ2) is 4.23. The normalized spacial score (nSPS) is 10.7. The van der Waals surface area contributed by atoms with Crippen LogP contribution in [0.4, 0.5) is 0 Å². The lowest BCUT2D eigenvalue weighted by Gasteiger charge is -1.94. The van der Waals surface area contributed by atoms with E-state index in [0.717, 1.165) is 11.8 Å². The molecule has 88 valence electrons. The molecule has 3 rings (SSSR count). The summed E-state index contributed by atoms with van der Waals surface area (Å²) in [5.41, 5.74) is 1.98. The molecule has 0 saturated carbocycles. The molecular weight excluding hydrogens is 250 g/mol. The Balaban J connectivity index is 2.19. The smallest absolute Gasteiger partial charge is 0.182 e. The van der Waals surface area contributed by atoms with Crippen LogP contribution in [0.2, 0.25) is 5.02 Å². The number of carbonyl (C=O) groups excluding carboxylic acids is 1. The number of aromatic nitrogens is 3. The van der Waals surface area contributed by atoms with E-state index in [1.54, 1.807) is 30.3 Å². The van der Waals surface area contributed by atoms with Gasteiger partial charge in [-0.1, -0.05) is 17.7 Å². The first-order valence-corrected chi connectivity index (χ1v) is 5.72. The fourth-order valence-electron chi connectivity index (χ4n) is 1.74. The Morgan fingerprint density at radius 1 is 1.11 bits per heavy atom. The summed E-state index contributed by atoms with van der Waals surface area (Å²) in [6.45, 7) is 0. The molecule has 0 atom stereocenters. The average Bonchev–Trinajstić information content (AvgIpc) is 2.83. The molecule has 0 aliphatic rings. The standard InChI is InChI=1S/C13H8ClN3O/c14-10-6-4-9(5-7-10)13-15-12-3-1-2-11(8-18)17(12)16-13/h1-8H. The zero-order chi connectivity index (χ0) is 12.5. The highest BCUT2D eigenvalue weighted by atomic mass is 35.5. The van der Waals surface area contributed by atoms with Crippen LogP contribution < -0.4 is 0 Å². The number of aldehydes is 1. The molecule has 18 heavy (non-hydrogen) atoms. The Bertz CT molecular complexity index is 719. The molecule has 0 radical (unpaired) electrons. The average molecular weight is 258 g/mol. The van der Waals surface area contributed by atoms with Crippen LogP contribution in [0.1, 0.15) is 10.5 Å². The van der Waals surface area contributed by atoms with E-state index in [2.05, 4.69) is 10.1 Å². The van der Waals surface area contributed by atoms with E-state index in [0.29, 0.717) is 22.2 Å². The number of fused-ring (bicyclic) bond motifs is 1. The molecule has 3 aromatic rings. The van der Waals surface area contributed by atoms with Gasteiger partial charge in [-0.25, -0.2) is 9.50 Å². The van der Waals surface area contributed by atoms with Gasteiger partial charge in [0.25, 0.3) is 0 Å². The third-order valence-corrected chi connectivity index (χ3v) is 2.86. The van der Waals surface area contributed by atoms with Crippen molar-refractivity contribution in [3.05, 3.63) is 53.2 Å². The minimum atomic E-state index is 0.472. The van der Waals surface area contributed by atoms with Gasteiger partial charge in [-0.2, -0.15) is 0 Å². The van der Waals surface area contributed by atoms with E-state index in [1.807, 2.05) is 12.1 Å². The fourth-order valence-corrected chi connectivity index (χ4v) is 1.86. The Hall–Kier alpha value is -2.20. The highest BCUT2D eigenvalue weighted by molar-refractivity contribution is 6.30. The van der Waals surface area contributed by atoms with E-state index >= 15 is 0 Å². The van der Waals surface area contributed by atoms with Crippen LogP contribution >= 0.6 is 11.6 Å². The van der Waals surface area contributed by atoms with Gasteiger partial charge in [0.1, 0.15) is 5.69 Å². The maximum Gasteiger partial charge on any atom is 0.182 e. The van der Waals surface area contributed by atoms with Crippen LogP contribution in [-0.4, -0.2) is 20.9 Å². The molecule has 0 spiro atoms. The van der Waals surface area contributed by atoms with Gasteiger partial charge in [0.05, 0.1) is 0 Å². The molecule has 0 aliphatic carbocycles. The van der Waals surface area contributed by atoms with Crippen molar-refractivity contribution in [1.29, 1.82) is 0 Å². The van der Waals surface area contributed by atoms with Crippen molar-refractivity contribution in [3.8, 4) is 11.4 Å². The molecule has 2 aromatic heterocycles. The van der Waals surface area contributed by atoms with Gasteiger partial charge in [-0.05, 0) is 36.4 Å². The molecule has 0 fully saturated rings. The first kappa shape index (κ1) is 10.9. The Kier molecular flexibility index (Phi) is 2.57. The molecule has 2 heterocycles. The van der Waals surface area contributed by atoms with Crippen LogP contribution in [0.15, 0.2) is 42.5 Å². The third kappa shape index (κ3) is 1.76. The zero-order valence-corrected chi connectivity index (χ0v) is 10.0. The predicted octanol–water partition coefficient (Wildman–Crippen LogP) is 2.86. The minimum Gasteiger partial charge on any atom is -0.296 e. The van der Waals surface area contributed by atoms with Gasteiger partial charge in [0.2, 0.25) is 0 Å². The number of carbonyl (C=O) groups is 1. The Morgan fingerprint density at radius 2 is 1.89 bits per heavy atom. The van der Waals surface area contributed by atoms with Crippen LogP contribution in [0.25, 0.3) is 17.0 Å². The molecule has 0 unspecified atom stereocenters. The number of pyridine rings is 1. The molecule has 0 bridgehead atoms. The lowest BCUT2D eigenvalue weighted by Crippen LogP contribution is -1.95. The van der Waals surface area contributed by atoms with Crippen LogP contribution in [0, 0.1) is 0 Å². The van der Waals surface area contributed by atoms with Gasteiger partial charge in [-0.15, -0.1) is 5.10 Å². The molecule has 0 saturated heterocycles. The molecule has 5 heteroatoms. The summed E-state index contributed by atoms with van der Waals surface area (Å²) in [4.78, 5) is 15.3. The maximum atomic E-state index is 10.9. The number of hydrogen-bond donors (Lipinski definition) is 0. The quantitative estimate of drug-likeness (QED) is 0.663. The monoisotopic (exact) mass is 257 g/mol. The molecule has 0 amide bonds. The number of hydrogen-bond acceptors (Lipinski definition) is 3. The van der Waals surface area contributed by atoms with Crippen molar-refractivity contribution >= 4 is 23.5 Å². The Morgan fingerprint density at radius 3 is 2.61 bits per heavy atom. The second-order valence-electron chi connectivity index (χ2n) is 3.78. The lowest BCUT2D eigenvalue weighted by molar-refractivity contribution is 0.111. The molecule has 1 aromatic carbocycles. The molecule has 4 nitrogen and oxygen atoms in total. The minimum absolute atomic E-state index is 0.472. The second-order valence-corrected chi connectivity index (χ2v) is 4.22. The van der Waals surface area contributed by atoms with Crippen LogP contribution in [0.3, 0.4) is 0 Å². The fraction of sp³-hybridized carbons (Fsp3) is 0. The van der Waals surface area contributed by atoms with Crippen molar-refractivity contribution < 1.29 is 4.79 Å². The summed E-state index contributed by atoms with van der Waals surface area (Å²) in [6, 6.07) is 12.5. The number of halogens is 1. The van der Waals surface area contributed by atoms with Crippen molar-refractivity contribution in [2.45, 2.75) is 0 Å². The lowest BCUT2D eigenvalue weighted by atomic mass is 10.2. The Labute approximate surface area is 108 Å². The number of benzene rings is 1. The van der Waals surface area contributed by atoms with E-state index in [9.17, 15) is 4.79 Å². The van der Waals surface area contributed by atoms with E-state index in [1.165, 1.54) is 4.52 Å². The third-order valence-electron chi connectivity index (χ3n) is 2.61. The number of rotatable bonds is 2. The van der Waals surface area contributed by atoms with Crippen molar-refractivity contribution in [3.63, 3.8) is 0 Å². The number of nitrogens with zero attached hydrogens (tertiary/aromatic N) is 3. The van der Waals surface area contributed by atoms with E-state index in [-0.39, 0.29) is 0 Å². The largest absolute Gasteiger partial charge is 0.296 e. The van der Waals surface area contributed by atoms with Crippen LogP contribution in [-0.2, 0) is 0 Å². The van der Waals surface area contributed by atoms with Gasteiger partial charge in [0, 0.05) is 10.6 Å². The predicted molar refractivity (Wildman–Crippen MR) is 68.8 cm³/mol. The van der Waals surface area contributed by atoms with E-state index in [4.69, 9.17) is 11.6 Å².